The van der Waals surface area contributed by atoms with Crippen LogP contribution in [0.1, 0.15) is 5.56 Å². The minimum atomic E-state index is -0.711. The smallest absolute Gasteiger partial charge is 0.269 e. The van der Waals surface area contributed by atoms with Gasteiger partial charge in [0.1, 0.15) is 0 Å². The molecule has 2 heterocycles. The number of hydrogen-bond donors (Lipinski definition) is 0. The third kappa shape index (κ3) is 2.88. The number of hydrogen-bond acceptors (Lipinski definition) is 6. The van der Waals surface area contributed by atoms with Crippen molar-refractivity contribution in [1.29, 1.82) is 0 Å². The van der Waals surface area contributed by atoms with E-state index in [1.165, 1.54) is 35.8 Å². The summed E-state index contributed by atoms with van der Waals surface area (Å²) in [5.41, 5.74) is 0.943. The summed E-state index contributed by atoms with van der Waals surface area (Å²) in [6, 6.07) is 5.19. The number of imide groups is 1. The van der Waals surface area contributed by atoms with E-state index in [4.69, 9.17) is 0 Å². The van der Waals surface area contributed by atoms with Gasteiger partial charge in [0.25, 0.3) is 28.6 Å². The SMILES string of the molecule is CN1C(=O)C2N=C(SCc3ccc([N+](=O)[O-])cc3)[N+](C)=C2N(C)C1=O. The first-order valence-corrected chi connectivity index (χ1v) is 8.39. The highest BCUT2D eigenvalue weighted by atomic mass is 32.2. The molecule has 0 aliphatic carbocycles. The van der Waals surface area contributed by atoms with Crippen LogP contribution in [0.4, 0.5) is 10.5 Å². The molecule has 9 nitrogen and oxygen atoms in total. The van der Waals surface area contributed by atoms with Gasteiger partial charge < -0.3 is 0 Å². The predicted octanol–water partition coefficient (Wildman–Crippen LogP) is 1.13. The van der Waals surface area contributed by atoms with Crippen LogP contribution in [0.2, 0.25) is 0 Å². The Kier molecular flexibility index (Phi) is 4.29. The largest absolute Gasteiger partial charge is 0.388 e. The highest BCUT2D eigenvalue weighted by molar-refractivity contribution is 8.12. The van der Waals surface area contributed by atoms with Crippen LogP contribution in [0.25, 0.3) is 0 Å². The first-order valence-electron chi connectivity index (χ1n) is 7.41. The molecular weight excluding hydrogens is 346 g/mol. The van der Waals surface area contributed by atoms with Crippen molar-refractivity contribution in [2.24, 2.45) is 4.99 Å². The van der Waals surface area contributed by atoms with Gasteiger partial charge in [-0.1, -0.05) is 12.1 Å². The fourth-order valence-corrected chi connectivity index (χ4v) is 3.66. The van der Waals surface area contributed by atoms with Gasteiger partial charge in [-0.3, -0.25) is 19.8 Å². The Morgan fingerprint density at radius 1 is 1.24 bits per heavy atom. The predicted molar refractivity (Wildman–Crippen MR) is 92.7 cm³/mol. The van der Waals surface area contributed by atoms with E-state index < -0.39 is 11.0 Å². The number of nitrogens with zero attached hydrogens (tertiary/aromatic N) is 5. The van der Waals surface area contributed by atoms with Crippen molar-refractivity contribution >= 4 is 40.4 Å². The summed E-state index contributed by atoms with van der Waals surface area (Å²) in [5, 5.41) is 11.3. The molecule has 130 valence electrons. The molecule has 1 saturated heterocycles. The van der Waals surface area contributed by atoms with Gasteiger partial charge in [0, 0.05) is 24.9 Å². The number of nitro groups is 1. The van der Waals surface area contributed by atoms with Crippen molar-refractivity contribution < 1.29 is 19.1 Å². The molecule has 0 spiro atoms. The molecule has 0 saturated carbocycles. The lowest BCUT2D eigenvalue weighted by molar-refractivity contribution is -0.384. The first-order chi connectivity index (χ1) is 11.8. The molecule has 1 aromatic carbocycles. The third-order valence-corrected chi connectivity index (χ3v) is 5.23. The average Bonchev–Trinajstić information content (AvgIpc) is 2.93. The van der Waals surface area contributed by atoms with Crippen LogP contribution in [0.5, 0.6) is 0 Å². The van der Waals surface area contributed by atoms with E-state index in [0.29, 0.717) is 16.8 Å². The molecule has 0 N–H and O–H groups in total. The van der Waals surface area contributed by atoms with E-state index in [1.807, 2.05) is 0 Å². The average molecular weight is 362 g/mol. The van der Waals surface area contributed by atoms with Crippen molar-refractivity contribution in [3.8, 4) is 0 Å². The number of carbonyl (C=O) groups excluding carboxylic acids is 2. The zero-order chi connectivity index (χ0) is 18.3. The molecule has 3 amide bonds. The third-order valence-electron chi connectivity index (χ3n) is 4.11. The molecule has 10 heteroatoms. The number of urea groups is 1. The Morgan fingerprint density at radius 2 is 1.88 bits per heavy atom. The Bertz CT molecular complexity index is 833. The number of non-ortho nitro benzene ring substituents is 1. The van der Waals surface area contributed by atoms with Crippen LogP contribution in [0.3, 0.4) is 0 Å². The number of aliphatic imine (C=N–C) groups is 1. The number of likely N-dealkylation sites (N-methyl/N-ethyl adjacent to an activating group) is 2. The number of benzene rings is 1. The van der Waals surface area contributed by atoms with Crippen molar-refractivity contribution in [2.75, 3.05) is 21.1 Å². The molecule has 2 aliphatic heterocycles. The molecule has 1 atom stereocenters. The van der Waals surface area contributed by atoms with Gasteiger partial charge in [-0.2, -0.15) is 0 Å². The van der Waals surface area contributed by atoms with Crippen LogP contribution in [-0.2, 0) is 10.5 Å². The molecular formula is C15H16N5O4S+. The summed E-state index contributed by atoms with van der Waals surface area (Å²) in [7, 11) is 4.82. The normalized spacial score (nSPS) is 20.1. The van der Waals surface area contributed by atoms with Crippen molar-refractivity contribution in [1.82, 2.24) is 9.80 Å². The van der Waals surface area contributed by atoms with Crippen LogP contribution in [-0.4, -0.2) is 69.4 Å². The summed E-state index contributed by atoms with van der Waals surface area (Å²) in [4.78, 5) is 41.5. The first kappa shape index (κ1) is 17.1. The Morgan fingerprint density at radius 3 is 2.48 bits per heavy atom. The minimum absolute atomic E-state index is 0.0411. The maximum absolute atomic E-state index is 12.3. The van der Waals surface area contributed by atoms with Crippen molar-refractivity contribution in [2.45, 2.75) is 11.8 Å². The van der Waals surface area contributed by atoms with Crippen molar-refractivity contribution in [3.05, 3.63) is 39.9 Å². The van der Waals surface area contributed by atoms with E-state index >= 15 is 0 Å². The van der Waals surface area contributed by atoms with Crippen molar-refractivity contribution in [3.63, 3.8) is 0 Å². The second-order valence-electron chi connectivity index (χ2n) is 5.68. The second-order valence-corrected chi connectivity index (χ2v) is 6.63. The number of carbonyl (C=O) groups is 2. The molecule has 25 heavy (non-hydrogen) atoms. The summed E-state index contributed by atoms with van der Waals surface area (Å²) in [6.45, 7) is 0. The fourth-order valence-electron chi connectivity index (χ4n) is 2.71. The molecule has 0 radical (unpaired) electrons. The minimum Gasteiger partial charge on any atom is -0.269 e. The maximum atomic E-state index is 12.3. The zero-order valence-corrected chi connectivity index (χ0v) is 14.7. The van der Waals surface area contributed by atoms with Gasteiger partial charge in [0.2, 0.25) is 0 Å². The van der Waals surface area contributed by atoms with Crippen LogP contribution < -0.4 is 0 Å². The van der Waals surface area contributed by atoms with Crippen LogP contribution >= 0.6 is 11.8 Å². The molecule has 3 rings (SSSR count). The highest BCUT2D eigenvalue weighted by Crippen LogP contribution is 2.24. The molecule has 2 aliphatic rings. The summed E-state index contributed by atoms with van der Waals surface area (Å²) >= 11 is 1.41. The topological polar surface area (TPSA) is 99.1 Å². The summed E-state index contributed by atoms with van der Waals surface area (Å²) in [5.74, 6) is 0.734. The van der Waals surface area contributed by atoms with Gasteiger partial charge in [0.05, 0.1) is 19.0 Å². The van der Waals surface area contributed by atoms with Gasteiger partial charge >= 0.3 is 6.03 Å². The molecule has 0 bridgehead atoms. The molecule has 1 unspecified atom stereocenters. The van der Waals surface area contributed by atoms with E-state index in [1.54, 1.807) is 30.8 Å². The quantitative estimate of drug-likeness (QED) is 0.456. The van der Waals surface area contributed by atoms with Crippen LogP contribution in [0, 0.1) is 10.1 Å². The maximum Gasteiger partial charge on any atom is 0.388 e. The number of thioether (sulfide) groups is 1. The van der Waals surface area contributed by atoms with E-state index in [2.05, 4.69) is 4.99 Å². The number of rotatable bonds is 3. The number of nitro benzene ring substituents is 1. The van der Waals surface area contributed by atoms with Crippen LogP contribution in [0.15, 0.2) is 29.3 Å². The highest BCUT2D eigenvalue weighted by Gasteiger charge is 2.51. The Labute approximate surface area is 147 Å². The van der Waals surface area contributed by atoms with E-state index in [-0.39, 0.29) is 17.6 Å². The number of amidine groups is 2. The molecule has 1 aromatic rings. The zero-order valence-electron chi connectivity index (χ0n) is 13.9. The fraction of sp³-hybridized carbons (Fsp3) is 0.333. The lowest BCUT2D eigenvalue weighted by Crippen LogP contribution is -2.59. The lowest BCUT2D eigenvalue weighted by Gasteiger charge is -2.27. The number of amides is 3. The monoisotopic (exact) mass is 362 g/mol. The van der Waals surface area contributed by atoms with Gasteiger partial charge in [-0.15, -0.1) is 4.99 Å². The van der Waals surface area contributed by atoms with E-state index in [0.717, 1.165) is 10.5 Å². The number of fused-ring (bicyclic) bond motifs is 1. The van der Waals surface area contributed by atoms with Gasteiger partial charge in [-0.05, 0) is 17.3 Å². The molecule has 0 aromatic heterocycles. The second kappa shape index (κ2) is 6.28. The van der Waals surface area contributed by atoms with E-state index in [9.17, 15) is 19.7 Å². The molecule has 1 fully saturated rings. The summed E-state index contributed by atoms with van der Waals surface area (Å²) in [6.07, 6.45) is 0. The Hall–Kier alpha value is -2.75. The lowest BCUT2D eigenvalue weighted by atomic mass is 10.2. The van der Waals surface area contributed by atoms with Gasteiger partial charge in [-0.25, -0.2) is 14.3 Å². The Balaban J connectivity index is 1.77. The standard InChI is InChI=1S/C15H16N5O4S/c1-17-12-11(13(21)19(3)15(22)18(12)2)16-14(17)25-8-9-4-6-10(7-5-9)20(23)24/h4-7,11H,8H2,1-3H3/q+1. The van der Waals surface area contributed by atoms with Gasteiger partial charge in [0.15, 0.2) is 0 Å². The summed E-state index contributed by atoms with van der Waals surface area (Å²) < 4.78 is 1.74.